The highest BCUT2D eigenvalue weighted by molar-refractivity contribution is 5.31. The Labute approximate surface area is 163 Å². The van der Waals surface area contributed by atoms with Gasteiger partial charge in [-0.3, -0.25) is 0 Å². The molecule has 2 heterocycles. The van der Waals surface area contributed by atoms with Crippen molar-refractivity contribution in [2.45, 2.75) is 50.2 Å². The third-order valence-electron chi connectivity index (χ3n) is 6.22. The molecule has 2 aliphatic heterocycles. The number of likely N-dealkylation sites (tertiary alicyclic amines) is 1. The molecule has 2 aromatic rings. The van der Waals surface area contributed by atoms with Crippen molar-refractivity contribution in [2.24, 2.45) is 0 Å². The van der Waals surface area contributed by atoms with Crippen LogP contribution in [0, 0.1) is 0 Å². The predicted molar refractivity (Wildman–Crippen MR) is 109 cm³/mol. The van der Waals surface area contributed by atoms with Crippen molar-refractivity contribution in [1.82, 2.24) is 4.90 Å². The molecule has 0 spiro atoms. The molecule has 2 aromatic carbocycles. The number of ether oxygens (including phenoxy) is 1. The van der Waals surface area contributed by atoms with Gasteiger partial charge in [0, 0.05) is 13.2 Å². The third-order valence-corrected chi connectivity index (χ3v) is 6.22. The van der Waals surface area contributed by atoms with Gasteiger partial charge in [0.15, 0.2) is 0 Å². The first-order chi connectivity index (χ1) is 13.3. The molecule has 1 fully saturated rings. The Balaban J connectivity index is 1.32. The van der Waals surface area contributed by atoms with Gasteiger partial charge >= 0.3 is 0 Å². The summed E-state index contributed by atoms with van der Waals surface area (Å²) in [6.45, 7) is 3.64. The third kappa shape index (κ3) is 4.60. The molecule has 3 heteroatoms. The van der Waals surface area contributed by atoms with Gasteiger partial charge < -0.3 is 14.7 Å². The first-order valence-electron chi connectivity index (χ1n) is 10.4. The van der Waals surface area contributed by atoms with E-state index >= 15 is 0 Å². The second kappa shape index (κ2) is 9.01. The molecular weight excluding hydrogens is 334 g/mol. The molecule has 0 aromatic heterocycles. The number of fused-ring (bicyclic) bond motifs is 1. The summed E-state index contributed by atoms with van der Waals surface area (Å²) >= 11 is 0. The largest absolute Gasteiger partial charge is 0.396 e. The van der Waals surface area contributed by atoms with Crippen molar-refractivity contribution >= 4 is 0 Å². The van der Waals surface area contributed by atoms with Crippen molar-refractivity contribution in [1.29, 1.82) is 0 Å². The zero-order chi connectivity index (χ0) is 18.5. The van der Waals surface area contributed by atoms with E-state index in [4.69, 9.17) is 4.74 Å². The predicted octanol–water partition coefficient (Wildman–Crippen LogP) is 4.32. The van der Waals surface area contributed by atoms with Crippen molar-refractivity contribution in [3.8, 4) is 0 Å². The van der Waals surface area contributed by atoms with E-state index in [1.165, 1.54) is 42.6 Å². The first kappa shape index (κ1) is 18.7. The maximum atomic E-state index is 9.32. The average Bonchev–Trinajstić information content (AvgIpc) is 2.73. The van der Waals surface area contributed by atoms with Gasteiger partial charge in [0.05, 0.1) is 12.2 Å². The minimum atomic E-state index is 0.152. The van der Waals surface area contributed by atoms with Gasteiger partial charge in [-0.25, -0.2) is 0 Å². The maximum Gasteiger partial charge on any atom is 0.0843 e. The summed E-state index contributed by atoms with van der Waals surface area (Å²) in [5, 5.41) is 9.32. The summed E-state index contributed by atoms with van der Waals surface area (Å²) in [6.07, 6.45) is 5.51. The number of hydrogen-bond acceptors (Lipinski definition) is 3. The minimum Gasteiger partial charge on any atom is -0.396 e. The molecule has 1 saturated heterocycles. The van der Waals surface area contributed by atoms with Crippen LogP contribution in [0.15, 0.2) is 54.6 Å². The number of hydrogen-bond donors (Lipinski definition) is 1. The highest BCUT2D eigenvalue weighted by atomic mass is 16.5. The Morgan fingerprint density at radius 2 is 1.67 bits per heavy atom. The second-order valence-electron chi connectivity index (χ2n) is 7.98. The molecule has 0 amide bonds. The molecule has 27 heavy (non-hydrogen) atoms. The maximum absolute atomic E-state index is 9.32. The molecule has 1 N–H and O–H groups in total. The van der Waals surface area contributed by atoms with E-state index < -0.39 is 0 Å². The smallest absolute Gasteiger partial charge is 0.0843 e. The summed E-state index contributed by atoms with van der Waals surface area (Å²) in [6, 6.07) is 19.6. The van der Waals surface area contributed by atoms with E-state index in [1.807, 2.05) is 0 Å². The lowest BCUT2D eigenvalue weighted by atomic mass is 9.89. The molecule has 0 saturated carbocycles. The highest BCUT2D eigenvalue weighted by Gasteiger charge is 2.28. The summed E-state index contributed by atoms with van der Waals surface area (Å²) < 4.78 is 6.35. The minimum absolute atomic E-state index is 0.152. The molecule has 3 nitrogen and oxygen atoms in total. The van der Waals surface area contributed by atoms with Crippen molar-refractivity contribution in [3.63, 3.8) is 0 Å². The number of aliphatic hydroxyl groups excluding tert-OH is 1. The van der Waals surface area contributed by atoms with Gasteiger partial charge in [0.1, 0.15) is 0 Å². The Kier molecular flexibility index (Phi) is 6.23. The van der Waals surface area contributed by atoms with Crippen molar-refractivity contribution in [2.75, 3.05) is 26.2 Å². The molecule has 0 radical (unpaired) electrons. The van der Waals surface area contributed by atoms with Gasteiger partial charge in [-0.15, -0.1) is 0 Å². The van der Waals surface area contributed by atoms with E-state index in [-0.39, 0.29) is 18.8 Å². The fraction of sp³-hybridized carbons (Fsp3) is 0.500. The van der Waals surface area contributed by atoms with Crippen LogP contribution in [-0.2, 0) is 11.2 Å². The van der Waals surface area contributed by atoms with Crippen LogP contribution >= 0.6 is 0 Å². The van der Waals surface area contributed by atoms with E-state index in [9.17, 15) is 5.11 Å². The van der Waals surface area contributed by atoms with Crippen LogP contribution in [0.25, 0.3) is 0 Å². The fourth-order valence-corrected chi connectivity index (χ4v) is 4.69. The zero-order valence-electron chi connectivity index (χ0n) is 16.1. The molecule has 2 atom stereocenters. The van der Waals surface area contributed by atoms with Crippen molar-refractivity contribution in [3.05, 3.63) is 71.3 Å². The van der Waals surface area contributed by atoms with E-state index in [0.717, 1.165) is 25.8 Å². The second-order valence-corrected chi connectivity index (χ2v) is 7.98. The number of aliphatic hydroxyl groups is 1. The van der Waals surface area contributed by atoms with E-state index in [1.54, 1.807) is 0 Å². The summed E-state index contributed by atoms with van der Waals surface area (Å²) in [7, 11) is 0. The molecule has 0 bridgehead atoms. The van der Waals surface area contributed by atoms with Gasteiger partial charge in [-0.2, -0.15) is 0 Å². The van der Waals surface area contributed by atoms with Gasteiger partial charge in [0.2, 0.25) is 0 Å². The van der Waals surface area contributed by atoms with Crippen LogP contribution in [0.1, 0.15) is 54.4 Å². The van der Waals surface area contributed by atoms with Crippen LogP contribution in [0.4, 0.5) is 0 Å². The Hall–Kier alpha value is -1.68. The van der Waals surface area contributed by atoms with Crippen LogP contribution in [0.2, 0.25) is 0 Å². The van der Waals surface area contributed by atoms with Crippen LogP contribution in [-0.4, -0.2) is 42.4 Å². The van der Waals surface area contributed by atoms with Gasteiger partial charge in [-0.05, 0) is 67.8 Å². The lowest BCUT2D eigenvalue weighted by Crippen LogP contribution is -2.35. The van der Waals surface area contributed by atoms with E-state index in [2.05, 4.69) is 59.5 Å². The quantitative estimate of drug-likeness (QED) is 0.827. The topological polar surface area (TPSA) is 32.7 Å². The van der Waals surface area contributed by atoms with E-state index in [0.29, 0.717) is 5.92 Å². The summed E-state index contributed by atoms with van der Waals surface area (Å²) in [5.41, 5.74) is 4.24. The molecule has 4 rings (SSSR count). The molecule has 0 aliphatic carbocycles. The zero-order valence-corrected chi connectivity index (χ0v) is 16.1. The molecule has 0 unspecified atom stereocenters. The SMILES string of the molecule is OCC[C@@H]1Cc2ccccc2[C@H](CCN2CCC(c3ccccc3)CC2)O1. The lowest BCUT2D eigenvalue weighted by molar-refractivity contribution is -0.0437. The molecule has 144 valence electrons. The van der Waals surface area contributed by atoms with Gasteiger partial charge in [0.25, 0.3) is 0 Å². The number of piperidine rings is 1. The number of benzene rings is 2. The Morgan fingerprint density at radius 1 is 0.926 bits per heavy atom. The Bertz CT molecular complexity index is 709. The molecule has 2 aliphatic rings. The normalized spacial score (nSPS) is 23.9. The first-order valence-corrected chi connectivity index (χ1v) is 10.4. The van der Waals surface area contributed by atoms with Crippen LogP contribution < -0.4 is 0 Å². The fourth-order valence-electron chi connectivity index (χ4n) is 4.69. The summed E-state index contributed by atoms with van der Waals surface area (Å²) in [4.78, 5) is 2.60. The van der Waals surface area contributed by atoms with Crippen LogP contribution in [0.3, 0.4) is 0 Å². The highest BCUT2D eigenvalue weighted by Crippen LogP contribution is 2.34. The average molecular weight is 366 g/mol. The monoisotopic (exact) mass is 365 g/mol. The number of rotatable bonds is 6. The number of nitrogens with zero attached hydrogens (tertiary/aromatic N) is 1. The van der Waals surface area contributed by atoms with Crippen LogP contribution in [0.5, 0.6) is 0 Å². The lowest BCUT2D eigenvalue weighted by Gasteiger charge is -2.36. The standard InChI is InChI=1S/C24H31NO2/c26-17-13-22-18-21-8-4-5-9-23(21)24(27-22)12-16-25-14-10-20(11-15-25)19-6-2-1-3-7-19/h1-9,20,22,24,26H,10-18H2/t22-,24+/m1/s1. The Morgan fingerprint density at radius 3 is 2.44 bits per heavy atom. The summed E-state index contributed by atoms with van der Waals surface area (Å²) in [5.74, 6) is 0.711. The van der Waals surface area contributed by atoms with Crippen molar-refractivity contribution < 1.29 is 9.84 Å². The van der Waals surface area contributed by atoms with Gasteiger partial charge in [-0.1, -0.05) is 54.6 Å². The molecular formula is C24H31NO2.